The first-order chi connectivity index (χ1) is 11.7. The molecule has 1 saturated carbocycles. The second-order valence-electron chi connectivity index (χ2n) is 6.49. The molecule has 4 heteroatoms. The van der Waals surface area contributed by atoms with Gasteiger partial charge < -0.3 is 0 Å². The van der Waals surface area contributed by atoms with Crippen molar-refractivity contribution in [2.75, 3.05) is 0 Å². The van der Waals surface area contributed by atoms with E-state index in [2.05, 4.69) is 45.3 Å². The molecule has 24 heavy (non-hydrogen) atoms. The zero-order valence-electron chi connectivity index (χ0n) is 13.3. The number of rotatable bonds is 5. The van der Waals surface area contributed by atoms with Crippen molar-refractivity contribution >= 4 is 15.9 Å². The summed E-state index contributed by atoms with van der Waals surface area (Å²) in [6, 6.07) is 20.0. The largest absolute Gasteiger partial charge is 0.295 e. The molecule has 0 aliphatic heterocycles. The van der Waals surface area contributed by atoms with Crippen LogP contribution in [0.15, 0.2) is 69.9 Å². The Morgan fingerprint density at radius 1 is 1.08 bits per heavy atom. The van der Waals surface area contributed by atoms with Crippen molar-refractivity contribution in [2.24, 2.45) is 5.92 Å². The zero-order valence-corrected chi connectivity index (χ0v) is 14.9. The van der Waals surface area contributed by atoms with Crippen molar-refractivity contribution in [1.82, 2.24) is 9.78 Å². The highest BCUT2D eigenvalue weighted by Gasteiger charge is 2.32. The summed E-state index contributed by atoms with van der Waals surface area (Å²) >= 11 is 3.50. The monoisotopic (exact) mass is 382 g/mol. The smallest absolute Gasteiger partial charge is 0.271 e. The van der Waals surface area contributed by atoms with Crippen LogP contribution in [0.1, 0.15) is 30.0 Å². The number of H-pyrrole nitrogens is 1. The SMILES string of the molecule is O=c1cc(CC(c2ccc(Br)cc2)C2CC2)[nH]n1-c1ccccc1. The molecule has 4 rings (SSSR count). The van der Waals surface area contributed by atoms with Gasteiger partial charge in [0.1, 0.15) is 0 Å². The molecule has 0 amide bonds. The molecule has 1 aliphatic carbocycles. The number of nitrogens with one attached hydrogen (secondary N) is 1. The first kappa shape index (κ1) is 15.5. The van der Waals surface area contributed by atoms with E-state index in [0.717, 1.165) is 28.2 Å². The lowest BCUT2D eigenvalue weighted by atomic mass is 9.90. The van der Waals surface area contributed by atoms with E-state index >= 15 is 0 Å². The van der Waals surface area contributed by atoms with E-state index in [1.807, 2.05) is 30.3 Å². The molecule has 1 atom stereocenters. The van der Waals surface area contributed by atoms with E-state index in [9.17, 15) is 4.79 Å². The summed E-state index contributed by atoms with van der Waals surface area (Å²) in [7, 11) is 0. The van der Waals surface area contributed by atoms with Crippen LogP contribution >= 0.6 is 15.9 Å². The number of aromatic amines is 1. The van der Waals surface area contributed by atoms with Crippen LogP contribution in [0.3, 0.4) is 0 Å². The Labute approximate surface area is 149 Å². The molecule has 0 bridgehead atoms. The van der Waals surface area contributed by atoms with Crippen LogP contribution in [0, 0.1) is 5.92 Å². The number of halogens is 1. The Balaban J connectivity index is 1.62. The van der Waals surface area contributed by atoms with Gasteiger partial charge in [0.2, 0.25) is 0 Å². The maximum Gasteiger partial charge on any atom is 0.271 e. The van der Waals surface area contributed by atoms with Crippen molar-refractivity contribution in [2.45, 2.75) is 25.2 Å². The topological polar surface area (TPSA) is 37.8 Å². The first-order valence-corrected chi connectivity index (χ1v) is 9.12. The second kappa shape index (κ2) is 6.44. The summed E-state index contributed by atoms with van der Waals surface area (Å²) in [5, 5.41) is 3.29. The van der Waals surface area contributed by atoms with Gasteiger partial charge in [-0.25, -0.2) is 4.68 Å². The zero-order chi connectivity index (χ0) is 16.5. The predicted octanol–water partition coefficient (Wildman–Crippen LogP) is 4.66. The Morgan fingerprint density at radius 3 is 2.46 bits per heavy atom. The van der Waals surface area contributed by atoms with E-state index in [1.165, 1.54) is 18.4 Å². The summed E-state index contributed by atoms with van der Waals surface area (Å²) < 4.78 is 2.73. The molecule has 3 nitrogen and oxygen atoms in total. The van der Waals surface area contributed by atoms with E-state index in [0.29, 0.717) is 5.92 Å². The Morgan fingerprint density at radius 2 is 1.79 bits per heavy atom. The fraction of sp³-hybridized carbons (Fsp3) is 0.250. The second-order valence-corrected chi connectivity index (χ2v) is 7.41. The van der Waals surface area contributed by atoms with Gasteiger partial charge in [-0.05, 0) is 60.9 Å². The maximum absolute atomic E-state index is 12.3. The lowest BCUT2D eigenvalue weighted by Crippen LogP contribution is -2.13. The third-order valence-electron chi connectivity index (χ3n) is 4.72. The van der Waals surface area contributed by atoms with E-state index < -0.39 is 0 Å². The normalized spacial score (nSPS) is 15.4. The molecular formula is C20H19BrN2O. The van der Waals surface area contributed by atoms with Crippen molar-refractivity contribution in [1.29, 1.82) is 0 Å². The van der Waals surface area contributed by atoms with E-state index in [-0.39, 0.29) is 5.56 Å². The lowest BCUT2D eigenvalue weighted by molar-refractivity contribution is 0.590. The van der Waals surface area contributed by atoms with Gasteiger partial charge in [-0.15, -0.1) is 0 Å². The van der Waals surface area contributed by atoms with Gasteiger partial charge in [0.25, 0.3) is 5.56 Å². The molecule has 1 aliphatic rings. The van der Waals surface area contributed by atoms with Crippen LogP contribution in [0.25, 0.3) is 5.69 Å². The molecule has 1 unspecified atom stereocenters. The molecular weight excluding hydrogens is 364 g/mol. The highest BCUT2D eigenvalue weighted by molar-refractivity contribution is 9.10. The minimum absolute atomic E-state index is 0.00144. The average Bonchev–Trinajstić information content (AvgIpc) is 3.37. The number of para-hydroxylation sites is 1. The van der Waals surface area contributed by atoms with Gasteiger partial charge in [-0.1, -0.05) is 46.3 Å². The molecule has 122 valence electrons. The average molecular weight is 383 g/mol. The summed E-state index contributed by atoms with van der Waals surface area (Å²) in [5.41, 5.74) is 3.24. The molecule has 1 fully saturated rings. The first-order valence-electron chi connectivity index (χ1n) is 8.32. The van der Waals surface area contributed by atoms with Crippen LogP contribution in [0.4, 0.5) is 0 Å². The van der Waals surface area contributed by atoms with Crippen LogP contribution < -0.4 is 5.56 Å². The fourth-order valence-electron chi connectivity index (χ4n) is 3.32. The minimum Gasteiger partial charge on any atom is -0.295 e. The van der Waals surface area contributed by atoms with Crippen LogP contribution in [-0.4, -0.2) is 9.78 Å². The molecule has 0 radical (unpaired) electrons. The number of hydrogen-bond acceptors (Lipinski definition) is 1. The quantitative estimate of drug-likeness (QED) is 0.684. The van der Waals surface area contributed by atoms with Crippen molar-refractivity contribution in [3.8, 4) is 5.69 Å². The molecule has 1 heterocycles. The molecule has 2 aromatic carbocycles. The van der Waals surface area contributed by atoms with Gasteiger partial charge in [-0.2, -0.15) is 0 Å². The van der Waals surface area contributed by atoms with Gasteiger partial charge in [0.15, 0.2) is 0 Å². The van der Waals surface area contributed by atoms with Crippen LogP contribution in [0.2, 0.25) is 0 Å². The maximum atomic E-state index is 12.3. The number of nitrogens with zero attached hydrogens (tertiary/aromatic N) is 1. The highest BCUT2D eigenvalue weighted by Crippen LogP contribution is 2.44. The van der Waals surface area contributed by atoms with Crippen LogP contribution in [0.5, 0.6) is 0 Å². The molecule has 0 spiro atoms. The number of hydrogen-bond donors (Lipinski definition) is 1. The van der Waals surface area contributed by atoms with Gasteiger partial charge in [0.05, 0.1) is 5.69 Å². The number of benzene rings is 2. The highest BCUT2D eigenvalue weighted by atomic mass is 79.9. The van der Waals surface area contributed by atoms with Gasteiger partial charge >= 0.3 is 0 Å². The molecule has 0 saturated heterocycles. The number of aromatic nitrogens is 2. The van der Waals surface area contributed by atoms with Gasteiger partial charge in [-0.3, -0.25) is 9.89 Å². The van der Waals surface area contributed by atoms with Crippen molar-refractivity contribution in [3.63, 3.8) is 0 Å². The van der Waals surface area contributed by atoms with E-state index in [1.54, 1.807) is 10.7 Å². The summed E-state index contributed by atoms with van der Waals surface area (Å²) in [6.07, 6.45) is 3.44. The molecule has 1 aromatic heterocycles. The third kappa shape index (κ3) is 3.24. The van der Waals surface area contributed by atoms with Crippen molar-refractivity contribution < 1.29 is 0 Å². The fourth-order valence-corrected chi connectivity index (χ4v) is 3.58. The summed E-state index contributed by atoms with van der Waals surface area (Å²) in [5.74, 6) is 1.20. The summed E-state index contributed by atoms with van der Waals surface area (Å²) in [4.78, 5) is 12.3. The Bertz CT molecular complexity index is 876. The Kier molecular flexibility index (Phi) is 4.15. The lowest BCUT2D eigenvalue weighted by Gasteiger charge is -2.16. The van der Waals surface area contributed by atoms with Crippen molar-refractivity contribution in [3.05, 3.63) is 86.7 Å². The third-order valence-corrected chi connectivity index (χ3v) is 5.25. The summed E-state index contributed by atoms with van der Waals surface area (Å²) in [6.45, 7) is 0. The molecule has 1 N–H and O–H groups in total. The Hall–Kier alpha value is -2.07. The van der Waals surface area contributed by atoms with Crippen LogP contribution in [-0.2, 0) is 6.42 Å². The van der Waals surface area contributed by atoms with Gasteiger partial charge in [0, 0.05) is 16.2 Å². The minimum atomic E-state index is 0.00144. The van der Waals surface area contributed by atoms with E-state index in [4.69, 9.17) is 0 Å². The standard InChI is InChI=1S/C20H19BrN2O/c21-16-10-8-15(9-11-16)19(14-6-7-14)12-17-13-20(24)23(22-17)18-4-2-1-3-5-18/h1-5,8-11,13-14,19,22H,6-7,12H2. The predicted molar refractivity (Wildman–Crippen MR) is 99.7 cm³/mol. The molecule has 3 aromatic rings.